The van der Waals surface area contributed by atoms with Gasteiger partial charge in [0.15, 0.2) is 0 Å². The van der Waals surface area contributed by atoms with Crippen molar-refractivity contribution in [3.8, 4) is 0 Å². The maximum atomic E-state index is 11.5. The molecule has 1 aromatic rings. The van der Waals surface area contributed by atoms with Crippen molar-refractivity contribution in [1.82, 2.24) is 0 Å². The standard InChI is InChI=1S/C10H13O4.C7H7.U/c1-10(9(13)14-2)4-3-8(12)5-7(10)6-11;1-7-5-3-2-4-6-7;/h7H,3-5H2,1-2H3;2-6H,1H2;/q2*-1;+2/t7-,10-;;/m0../s1. The van der Waals surface area contributed by atoms with Crippen molar-refractivity contribution in [1.29, 1.82) is 0 Å². The fraction of sp³-hybridized carbons (Fsp3) is 0.412. The number of carbonyl (C=O) groups is 2. The zero-order chi connectivity index (χ0) is 15.9. The molecule has 116 valence electrons. The number of ketones is 1. The Balaban J connectivity index is 0.000000465. The summed E-state index contributed by atoms with van der Waals surface area (Å²) < 4.78 is 4.63. The Kier molecular flexibility index (Phi) is 9.40. The Morgan fingerprint density at radius 3 is 2.36 bits per heavy atom. The molecule has 1 aromatic carbocycles. The van der Waals surface area contributed by atoms with Gasteiger partial charge in [-0.1, -0.05) is 13.0 Å². The van der Waals surface area contributed by atoms with Crippen LogP contribution in [0.2, 0.25) is 0 Å². The van der Waals surface area contributed by atoms with Crippen molar-refractivity contribution in [2.75, 3.05) is 7.11 Å². The second-order valence-electron chi connectivity index (χ2n) is 5.31. The number of Topliss-reactive ketones (excluding diaryl/α,β-unsaturated/α-hetero) is 1. The Bertz CT molecular complexity index is 501. The third-order valence-electron chi connectivity index (χ3n) is 3.76. The molecule has 0 aromatic heterocycles. The van der Waals surface area contributed by atoms with Crippen LogP contribution in [-0.2, 0) is 19.1 Å². The molecule has 1 aliphatic carbocycles. The Morgan fingerprint density at radius 1 is 1.36 bits per heavy atom. The zero-order valence-corrected chi connectivity index (χ0v) is 17.1. The van der Waals surface area contributed by atoms with Gasteiger partial charge >= 0.3 is 37.1 Å². The molecule has 0 radical (unpaired) electrons. The SMILES string of the molecule is COC(=O)[C@@]1(C)CCC(=O)C[C@H]1[C-]=O.[CH2-]c1ccccc1.[U+2]. The minimum atomic E-state index is -0.871. The van der Waals surface area contributed by atoms with E-state index < -0.39 is 17.3 Å². The summed E-state index contributed by atoms with van der Waals surface area (Å²) in [6, 6.07) is 9.87. The molecular weight excluding hydrogens is 506 g/mol. The van der Waals surface area contributed by atoms with Crippen LogP contribution >= 0.6 is 0 Å². The molecule has 1 aliphatic rings. The molecule has 0 unspecified atom stereocenters. The number of carbonyl (C=O) groups excluding carboxylic acids is 3. The van der Waals surface area contributed by atoms with Crippen molar-refractivity contribution in [2.24, 2.45) is 11.3 Å². The van der Waals surface area contributed by atoms with Gasteiger partial charge in [-0.05, 0) is 12.8 Å². The van der Waals surface area contributed by atoms with Crippen molar-refractivity contribution >= 4 is 18.0 Å². The van der Waals surface area contributed by atoms with Crippen molar-refractivity contribution < 1.29 is 50.2 Å². The molecule has 0 saturated heterocycles. The van der Waals surface area contributed by atoms with Crippen molar-refractivity contribution in [2.45, 2.75) is 26.2 Å². The summed E-state index contributed by atoms with van der Waals surface area (Å²) in [6.07, 6.45) is 2.59. The summed E-state index contributed by atoms with van der Waals surface area (Å²) in [6.45, 7) is 5.37. The van der Waals surface area contributed by atoms with Gasteiger partial charge in [-0.25, -0.2) is 0 Å². The molecule has 0 heterocycles. The smallest absolute Gasteiger partial charge is 0.541 e. The number of ether oxygens (including phenoxy) is 1. The summed E-state index contributed by atoms with van der Waals surface area (Å²) in [4.78, 5) is 33.2. The quantitative estimate of drug-likeness (QED) is 0.439. The van der Waals surface area contributed by atoms with Crippen LogP contribution in [0, 0.1) is 49.4 Å². The molecule has 4 nitrogen and oxygen atoms in total. The largest absolute Gasteiger partial charge is 2.00 e. The van der Waals surface area contributed by atoms with Gasteiger partial charge in [-0.15, -0.1) is 18.1 Å². The predicted octanol–water partition coefficient (Wildman–Crippen LogP) is 2.51. The van der Waals surface area contributed by atoms with Gasteiger partial charge in [-0.2, -0.15) is 24.6 Å². The van der Waals surface area contributed by atoms with Gasteiger partial charge < -0.3 is 9.53 Å². The molecule has 0 amide bonds. The van der Waals surface area contributed by atoms with E-state index in [2.05, 4.69) is 11.7 Å². The van der Waals surface area contributed by atoms with E-state index in [0.717, 1.165) is 5.56 Å². The molecule has 1 fully saturated rings. The monoisotopic (exact) mass is 526 g/mol. The second-order valence-corrected chi connectivity index (χ2v) is 5.31. The van der Waals surface area contributed by atoms with E-state index in [4.69, 9.17) is 0 Å². The number of methoxy groups -OCH3 is 1. The van der Waals surface area contributed by atoms with Crippen LogP contribution < -0.4 is 0 Å². The summed E-state index contributed by atoms with van der Waals surface area (Å²) in [5.41, 5.74) is 0.201. The molecule has 0 N–H and O–H groups in total. The number of rotatable bonds is 2. The van der Waals surface area contributed by atoms with Gasteiger partial charge in [0.05, 0.1) is 7.11 Å². The van der Waals surface area contributed by atoms with Gasteiger partial charge in [0.2, 0.25) is 0 Å². The first-order valence-electron chi connectivity index (χ1n) is 6.79. The number of hydrogen-bond donors (Lipinski definition) is 0. The maximum Gasteiger partial charge on any atom is 2.00 e. The minimum Gasteiger partial charge on any atom is -0.541 e. The predicted molar refractivity (Wildman–Crippen MR) is 79.1 cm³/mol. The van der Waals surface area contributed by atoms with Crippen LogP contribution in [0.25, 0.3) is 0 Å². The second kappa shape index (κ2) is 9.87. The Labute approximate surface area is 155 Å². The summed E-state index contributed by atoms with van der Waals surface area (Å²) in [7, 11) is 1.28. The van der Waals surface area contributed by atoms with Crippen molar-refractivity contribution in [3.05, 3.63) is 42.8 Å². The van der Waals surface area contributed by atoms with Gasteiger partial charge in [0, 0.05) is 11.8 Å². The van der Waals surface area contributed by atoms with Gasteiger partial charge in [0.1, 0.15) is 5.78 Å². The molecule has 0 bridgehead atoms. The van der Waals surface area contributed by atoms with E-state index in [-0.39, 0.29) is 43.3 Å². The minimum absolute atomic E-state index is 0. The number of benzene rings is 1. The van der Waals surface area contributed by atoms with Crippen LogP contribution in [0.1, 0.15) is 31.7 Å². The van der Waals surface area contributed by atoms with E-state index in [1.807, 2.05) is 30.3 Å². The van der Waals surface area contributed by atoms with E-state index in [0.29, 0.717) is 12.8 Å². The van der Waals surface area contributed by atoms with Gasteiger partial charge in [-0.3, -0.25) is 15.9 Å². The third-order valence-corrected chi connectivity index (χ3v) is 3.76. The molecule has 2 rings (SSSR count). The first kappa shape index (κ1) is 21.0. The van der Waals surface area contributed by atoms with Crippen LogP contribution in [0.4, 0.5) is 0 Å². The van der Waals surface area contributed by atoms with Crippen LogP contribution in [0.5, 0.6) is 0 Å². The average molecular weight is 526 g/mol. The van der Waals surface area contributed by atoms with Crippen LogP contribution in [0.15, 0.2) is 30.3 Å². The molecule has 5 heteroatoms. The first-order chi connectivity index (χ1) is 9.93. The molecular formula is C17H20O4U. The third kappa shape index (κ3) is 5.62. The fourth-order valence-corrected chi connectivity index (χ4v) is 2.26. The summed E-state index contributed by atoms with van der Waals surface area (Å²) in [5.74, 6) is -1.07. The Morgan fingerprint density at radius 2 is 1.95 bits per heavy atom. The van der Waals surface area contributed by atoms with E-state index in [1.54, 1.807) is 13.2 Å². The average Bonchev–Trinajstić information content (AvgIpc) is 2.50. The first-order valence-corrected chi connectivity index (χ1v) is 6.79. The topological polar surface area (TPSA) is 60.4 Å². The number of esters is 1. The molecule has 22 heavy (non-hydrogen) atoms. The van der Waals surface area contributed by atoms with Crippen LogP contribution in [-0.4, -0.2) is 25.1 Å². The number of hydrogen-bond acceptors (Lipinski definition) is 4. The zero-order valence-electron chi connectivity index (χ0n) is 12.9. The maximum absolute atomic E-state index is 11.5. The van der Waals surface area contributed by atoms with Gasteiger partial charge in [0.25, 0.3) is 0 Å². The van der Waals surface area contributed by atoms with Crippen LogP contribution in [0.3, 0.4) is 0 Å². The Hall–Kier alpha value is -1.05. The van der Waals surface area contributed by atoms with Crippen molar-refractivity contribution in [3.63, 3.8) is 0 Å². The fourth-order valence-electron chi connectivity index (χ4n) is 2.26. The molecule has 1 saturated carbocycles. The van der Waals surface area contributed by atoms with E-state index in [1.165, 1.54) is 7.11 Å². The normalized spacial score (nSPS) is 23.4. The van der Waals surface area contributed by atoms with E-state index >= 15 is 0 Å². The molecule has 0 spiro atoms. The molecule has 2 atom stereocenters. The van der Waals surface area contributed by atoms with E-state index in [9.17, 15) is 14.4 Å². The molecule has 0 aliphatic heterocycles. The summed E-state index contributed by atoms with van der Waals surface area (Å²) in [5, 5.41) is 0. The summed E-state index contributed by atoms with van der Waals surface area (Å²) >= 11 is 0.